The molecule has 1 spiro atoms. The number of rotatable bonds is 3. The van der Waals surface area contributed by atoms with E-state index >= 15 is 0 Å². The number of aryl methyl sites for hydroxylation is 1. The van der Waals surface area contributed by atoms with E-state index in [0.717, 1.165) is 23.3 Å². The van der Waals surface area contributed by atoms with Crippen LogP contribution in [0.5, 0.6) is 0 Å². The molecule has 3 aromatic rings. The third-order valence-electron chi connectivity index (χ3n) is 6.01. The van der Waals surface area contributed by atoms with Gasteiger partial charge >= 0.3 is 0 Å². The molecular weight excluding hydrogens is 466 g/mol. The molecule has 1 saturated heterocycles. The molecule has 0 saturated carbocycles. The van der Waals surface area contributed by atoms with Crippen molar-refractivity contribution in [2.24, 2.45) is 0 Å². The fourth-order valence-corrected chi connectivity index (χ4v) is 6.03. The van der Waals surface area contributed by atoms with Gasteiger partial charge in [-0.15, -0.1) is 11.8 Å². The van der Waals surface area contributed by atoms with Crippen LogP contribution in [0.15, 0.2) is 60.7 Å². The van der Waals surface area contributed by atoms with Crippen LogP contribution in [-0.2, 0) is 16.2 Å². The minimum absolute atomic E-state index is 0.0668. The van der Waals surface area contributed by atoms with Gasteiger partial charge in [0.1, 0.15) is 0 Å². The highest BCUT2D eigenvalue weighted by Gasteiger charge is 2.59. The van der Waals surface area contributed by atoms with Gasteiger partial charge in [-0.1, -0.05) is 35.4 Å². The summed E-state index contributed by atoms with van der Waals surface area (Å²) in [7, 11) is 0. The number of carbonyl (C=O) groups is 2. The molecule has 4 nitrogen and oxygen atoms in total. The topological polar surface area (TPSA) is 40.6 Å². The first kappa shape index (κ1) is 21.9. The van der Waals surface area contributed by atoms with Gasteiger partial charge in [0, 0.05) is 28.4 Å². The Kier molecular flexibility index (Phi) is 5.41. The molecule has 8 heteroatoms. The van der Waals surface area contributed by atoms with Gasteiger partial charge in [-0.25, -0.2) is 8.78 Å². The molecule has 33 heavy (non-hydrogen) atoms. The minimum atomic E-state index is -1.21. The quantitative estimate of drug-likeness (QED) is 0.492. The minimum Gasteiger partial charge on any atom is -0.311 e. The average Bonchev–Trinajstić information content (AvgIpc) is 3.33. The van der Waals surface area contributed by atoms with Crippen molar-refractivity contribution in [1.29, 1.82) is 0 Å². The summed E-state index contributed by atoms with van der Waals surface area (Å²) in [6.45, 7) is 2.41. The molecule has 1 atom stereocenters. The second-order valence-electron chi connectivity index (χ2n) is 8.12. The van der Waals surface area contributed by atoms with Gasteiger partial charge in [0.25, 0.3) is 11.8 Å². The Morgan fingerprint density at radius 3 is 2.55 bits per heavy atom. The monoisotopic (exact) mass is 484 g/mol. The Balaban J connectivity index is 1.59. The third-order valence-corrected chi connectivity index (χ3v) is 7.68. The summed E-state index contributed by atoms with van der Waals surface area (Å²) in [5, 5.41) is 0.521. The van der Waals surface area contributed by atoms with Crippen LogP contribution in [0.1, 0.15) is 27.0 Å². The Morgan fingerprint density at radius 1 is 1.06 bits per heavy atom. The number of hydrogen-bond donors (Lipinski definition) is 0. The van der Waals surface area contributed by atoms with Crippen molar-refractivity contribution in [1.82, 2.24) is 4.90 Å². The maximum atomic E-state index is 14.0. The maximum absolute atomic E-state index is 14.0. The molecule has 168 valence electrons. The Hall–Kier alpha value is -2.90. The zero-order valence-corrected chi connectivity index (χ0v) is 19.2. The first-order valence-corrected chi connectivity index (χ1v) is 11.8. The van der Waals surface area contributed by atoms with Crippen LogP contribution in [0, 0.1) is 18.6 Å². The number of benzene rings is 3. The summed E-state index contributed by atoms with van der Waals surface area (Å²) in [5.74, 6) is -1.83. The summed E-state index contributed by atoms with van der Waals surface area (Å²) in [6, 6.07) is 15.9. The maximum Gasteiger partial charge on any atom is 0.268 e. The molecule has 1 fully saturated rings. The van der Waals surface area contributed by atoms with Crippen LogP contribution < -0.4 is 4.90 Å². The molecule has 5 rings (SSSR count). The Labute approximate surface area is 199 Å². The predicted molar refractivity (Wildman–Crippen MR) is 125 cm³/mol. The number of thioether (sulfide) groups is 1. The van der Waals surface area contributed by atoms with Gasteiger partial charge in [0.15, 0.2) is 16.5 Å². The van der Waals surface area contributed by atoms with E-state index in [0.29, 0.717) is 34.1 Å². The zero-order valence-electron chi connectivity index (χ0n) is 17.6. The molecule has 3 aromatic carbocycles. The summed E-state index contributed by atoms with van der Waals surface area (Å²) in [5.41, 5.74) is 3.27. The number of carbonyl (C=O) groups excluding carboxylic acids is 2. The lowest BCUT2D eigenvalue weighted by molar-refractivity contribution is -0.123. The smallest absolute Gasteiger partial charge is 0.268 e. The van der Waals surface area contributed by atoms with E-state index in [1.54, 1.807) is 34.1 Å². The van der Waals surface area contributed by atoms with E-state index < -0.39 is 16.5 Å². The van der Waals surface area contributed by atoms with Crippen LogP contribution in [0.2, 0.25) is 5.02 Å². The third kappa shape index (κ3) is 3.50. The summed E-state index contributed by atoms with van der Waals surface area (Å²) in [6.07, 6.45) is 0. The fraction of sp³-hybridized carbons (Fsp3) is 0.200. The summed E-state index contributed by atoms with van der Waals surface area (Å²) < 4.78 is 27.3. The van der Waals surface area contributed by atoms with Gasteiger partial charge in [-0.2, -0.15) is 0 Å². The lowest BCUT2D eigenvalue weighted by Gasteiger charge is -2.33. The molecule has 2 heterocycles. The second kappa shape index (κ2) is 8.15. The molecule has 2 amide bonds. The number of nitrogens with zero attached hydrogens (tertiary/aromatic N) is 2. The highest BCUT2D eigenvalue weighted by atomic mass is 35.5. The van der Waals surface area contributed by atoms with E-state index in [9.17, 15) is 18.4 Å². The average molecular weight is 485 g/mol. The molecule has 2 aliphatic rings. The molecule has 0 aromatic heterocycles. The van der Waals surface area contributed by atoms with E-state index in [4.69, 9.17) is 11.6 Å². The van der Waals surface area contributed by atoms with Crippen molar-refractivity contribution >= 4 is 40.9 Å². The molecular formula is C25H19ClF2N2O2S. The van der Waals surface area contributed by atoms with Crippen LogP contribution >= 0.6 is 23.4 Å². The zero-order chi connectivity index (χ0) is 23.3. The lowest BCUT2D eigenvalue weighted by Crippen LogP contribution is -2.50. The second-order valence-corrected chi connectivity index (χ2v) is 9.84. The van der Waals surface area contributed by atoms with Crippen molar-refractivity contribution in [2.45, 2.75) is 18.3 Å². The van der Waals surface area contributed by atoms with Crippen LogP contribution in [0.3, 0.4) is 0 Å². The molecule has 0 unspecified atom stereocenters. The standard InChI is InChI=1S/C25H19ClF2N2O2S/c1-15-2-9-22-19(12-15)25(24(32)29(22)14-16-3-8-20(27)21(28)13-16)30(10-11-33-25)23(31)17-4-6-18(26)7-5-17/h2-9,12-13H,10-11,14H2,1H3/t25-/m0/s1. The van der Waals surface area contributed by atoms with Gasteiger partial charge in [0.2, 0.25) is 0 Å². The van der Waals surface area contributed by atoms with Crippen molar-refractivity contribution in [2.75, 3.05) is 17.2 Å². The highest BCUT2D eigenvalue weighted by Crippen LogP contribution is 2.55. The first-order valence-electron chi connectivity index (χ1n) is 10.4. The van der Waals surface area contributed by atoms with Gasteiger partial charge in [-0.05, 0) is 55.0 Å². The Morgan fingerprint density at radius 2 is 1.82 bits per heavy atom. The molecule has 2 aliphatic heterocycles. The van der Waals surface area contributed by atoms with Gasteiger partial charge in [-0.3, -0.25) is 9.59 Å². The number of fused-ring (bicyclic) bond motifs is 2. The van der Waals surface area contributed by atoms with Crippen LogP contribution in [0.4, 0.5) is 14.5 Å². The molecule has 0 radical (unpaired) electrons. The van der Waals surface area contributed by atoms with Crippen molar-refractivity contribution < 1.29 is 18.4 Å². The van der Waals surface area contributed by atoms with E-state index in [1.165, 1.54) is 17.8 Å². The summed E-state index contributed by atoms with van der Waals surface area (Å²) in [4.78, 5) is 29.5. The number of anilines is 1. The van der Waals surface area contributed by atoms with Crippen LogP contribution in [-0.4, -0.2) is 29.0 Å². The SMILES string of the molecule is Cc1ccc2c(c1)[C@]1(SCCN1C(=O)c1ccc(Cl)cc1)C(=O)N2Cc1ccc(F)c(F)c1. The van der Waals surface area contributed by atoms with Crippen molar-refractivity contribution in [3.05, 3.63) is 99.6 Å². The van der Waals surface area contributed by atoms with Crippen molar-refractivity contribution in [3.63, 3.8) is 0 Å². The predicted octanol–water partition coefficient (Wildman–Crippen LogP) is 5.52. The summed E-state index contributed by atoms with van der Waals surface area (Å²) >= 11 is 7.40. The van der Waals surface area contributed by atoms with E-state index in [2.05, 4.69) is 0 Å². The normalized spacial score (nSPS) is 19.5. The fourth-order valence-electron chi connectivity index (χ4n) is 4.45. The van der Waals surface area contributed by atoms with Crippen LogP contribution in [0.25, 0.3) is 0 Å². The number of amides is 2. The largest absolute Gasteiger partial charge is 0.311 e. The first-order chi connectivity index (χ1) is 15.8. The van der Waals surface area contributed by atoms with Gasteiger partial charge < -0.3 is 9.80 Å². The van der Waals surface area contributed by atoms with E-state index in [1.807, 2.05) is 25.1 Å². The molecule has 0 N–H and O–H groups in total. The molecule has 0 aliphatic carbocycles. The highest BCUT2D eigenvalue weighted by molar-refractivity contribution is 8.01. The Bertz CT molecular complexity index is 1280. The number of halogens is 3. The van der Waals surface area contributed by atoms with Crippen molar-refractivity contribution in [3.8, 4) is 0 Å². The lowest BCUT2D eigenvalue weighted by atomic mass is 10.0. The molecule has 0 bridgehead atoms. The van der Waals surface area contributed by atoms with E-state index in [-0.39, 0.29) is 18.4 Å². The van der Waals surface area contributed by atoms with Gasteiger partial charge in [0.05, 0.1) is 12.2 Å². The number of hydrogen-bond acceptors (Lipinski definition) is 3.